The molecule has 0 atom stereocenters. The molecule has 0 aliphatic carbocycles. The maximum atomic E-state index is 13.5. The molecule has 0 unspecified atom stereocenters. The second-order valence-electron chi connectivity index (χ2n) is 8.27. The summed E-state index contributed by atoms with van der Waals surface area (Å²) in [5.74, 6) is 1.91. The highest BCUT2D eigenvalue weighted by molar-refractivity contribution is 5.85. The van der Waals surface area contributed by atoms with Crippen molar-refractivity contribution in [1.29, 1.82) is 0 Å². The highest BCUT2D eigenvalue weighted by Gasteiger charge is 2.17. The van der Waals surface area contributed by atoms with Crippen molar-refractivity contribution in [2.45, 2.75) is 6.42 Å². The zero-order valence-corrected chi connectivity index (χ0v) is 20.4. The fourth-order valence-corrected chi connectivity index (χ4v) is 4.13. The van der Waals surface area contributed by atoms with Crippen molar-refractivity contribution in [2.75, 3.05) is 13.7 Å². The molecule has 0 fully saturated rings. The van der Waals surface area contributed by atoms with E-state index in [1.165, 1.54) is 4.68 Å². The number of para-hydroxylation sites is 2. The molecule has 37 heavy (non-hydrogen) atoms. The molecule has 0 saturated carbocycles. The van der Waals surface area contributed by atoms with Crippen LogP contribution in [0.5, 0.6) is 11.5 Å². The topological polar surface area (TPSA) is 78.9 Å². The molecule has 7 nitrogen and oxygen atoms in total. The largest absolute Gasteiger partial charge is 0.493 e. The minimum Gasteiger partial charge on any atom is -0.493 e. The Hall–Kier alpha value is -4.91. The average Bonchev–Trinajstić information content (AvgIpc) is 3.36. The summed E-state index contributed by atoms with van der Waals surface area (Å²) in [6.45, 7) is 7.90. The van der Waals surface area contributed by atoms with Gasteiger partial charge in [-0.3, -0.25) is 4.79 Å². The van der Waals surface area contributed by atoms with Crippen molar-refractivity contribution in [1.82, 2.24) is 9.66 Å². The lowest BCUT2D eigenvalue weighted by Crippen LogP contribution is -2.20. The van der Waals surface area contributed by atoms with Gasteiger partial charge in [-0.1, -0.05) is 49.1 Å². The van der Waals surface area contributed by atoms with E-state index in [-0.39, 0.29) is 5.56 Å². The van der Waals surface area contributed by atoms with Gasteiger partial charge in [0.1, 0.15) is 12.2 Å². The van der Waals surface area contributed by atoms with Crippen LogP contribution in [-0.4, -0.2) is 29.6 Å². The highest BCUT2D eigenvalue weighted by atomic mass is 16.5. The van der Waals surface area contributed by atoms with Crippen LogP contribution < -0.4 is 15.0 Å². The Morgan fingerprint density at radius 2 is 1.86 bits per heavy atom. The first-order chi connectivity index (χ1) is 18.1. The summed E-state index contributed by atoms with van der Waals surface area (Å²) in [6, 6.07) is 20.4. The van der Waals surface area contributed by atoms with Gasteiger partial charge < -0.3 is 13.9 Å². The number of nitrogens with zero attached hydrogens (tertiary/aromatic N) is 3. The Kier molecular flexibility index (Phi) is 6.68. The summed E-state index contributed by atoms with van der Waals surface area (Å²) < 4.78 is 18.7. The molecule has 0 bridgehead atoms. The molecule has 0 radical (unpaired) electrons. The molecule has 184 valence electrons. The fourth-order valence-electron chi connectivity index (χ4n) is 4.13. The van der Waals surface area contributed by atoms with Crippen molar-refractivity contribution >= 4 is 28.1 Å². The van der Waals surface area contributed by atoms with Gasteiger partial charge >= 0.3 is 0 Å². The van der Waals surface area contributed by atoms with E-state index in [2.05, 4.69) is 18.3 Å². The zero-order valence-electron chi connectivity index (χ0n) is 20.4. The molecule has 0 amide bonds. The van der Waals surface area contributed by atoms with Crippen LogP contribution in [0.15, 0.2) is 106 Å². The minimum atomic E-state index is -0.304. The quantitative estimate of drug-likeness (QED) is 0.187. The average molecular weight is 492 g/mol. The first-order valence-electron chi connectivity index (χ1n) is 11.7. The smallest absolute Gasteiger partial charge is 0.282 e. The number of hydrogen-bond donors (Lipinski definition) is 0. The lowest BCUT2D eigenvalue weighted by Gasteiger charge is -2.14. The van der Waals surface area contributed by atoms with E-state index in [1.807, 2.05) is 42.5 Å². The number of furan rings is 1. The number of hydrogen-bond acceptors (Lipinski definition) is 6. The summed E-state index contributed by atoms with van der Waals surface area (Å²) in [4.78, 5) is 18.3. The van der Waals surface area contributed by atoms with Crippen LogP contribution in [-0.2, 0) is 6.42 Å². The van der Waals surface area contributed by atoms with Crippen LogP contribution in [0.1, 0.15) is 11.1 Å². The lowest BCUT2D eigenvalue weighted by molar-refractivity contribution is 0.323. The van der Waals surface area contributed by atoms with Gasteiger partial charge in [0.15, 0.2) is 17.3 Å². The molecular weight excluding hydrogens is 466 g/mol. The van der Waals surface area contributed by atoms with Crippen molar-refractivity contribution in [3.8, 4) is 23.1 Å². The SMILES string of the molecule is C=CCOc1c(CC=C)cc(C=Nn2c(-c3cc4ccccc4o3)nc3ccccc3c2=O)cc1OC. The van der Waals surface area contributed by atoms with E-state index < -0.39 is 0 Å². The molecule has 0 saturated heterocycles. The van der Waals surface area contributed by atoms with Crippen LogP contribution in [0, 0.1) is 0 Å². The number of ether oxygens (including phenoxy) is 2. The first kappa shape index (κ1) is 23.8. The van der Waals surface area contributed by atoms with E-state index in [0.717, 1.165) is 16.5 Å². The summed E-state index contributed by atoms with van der Waals surface area (Å²) in [6.07, 6.45) is 5.61. The second-order valence-corrected chi connectivity index (χ2v) is 8.27. The molecule has 3 aromatic carbocycles. The van der Waals surface area contributed by atoms with E-state index in [4.69, 9.17) is 18.9 Å². The molecule has 2 aromatic heterocycles. The monoisotopic (exact) mass is 491 g/mol. The highest BCUT2D eigenvalue weighted by Crippen LogP contribution is 2.33. The van der Waals surface area contributed by atoms with Crippen molar-refractivity contribution in [3.05, 3.63) is 114 Å². The van der Waals surface area contributed by atoms with Crippen LogP contribution in [0.3, 0.4) is 0 Å². The normalized spacial score (nSPS) is 11.3. The molecule has 2 heterocycles. The Bertz CT molecular complexity index is 1680. The molecule has 0 aliphatic rings. The van der Waals surface area contributed by atoms with E-state index >= 15 is 0 Å². The van der Waals surface area contributed by atoms with Crippen LogP contribution in [0.2, 0.25) is 0 Å². The number of aromatic nitrogens is 2. The molecule has 0 N–H and O–H groups in total. The molecule has 5 aromatic rings. The van der Waals surface area contributed by atoms with Gasteiger partial charge in [-0.15, -0.1) is 6.58 Å². The predicted molar refractivity (Wildman–Crippen MR) is 147 cm³/mol. The molecule has 0 spiro atoms. The van der Waals surface area contributed by atoms with Gasteiger partial charge in [-0.25, -0.2) is 4.98 Å². The predicted octanol–water partition coefficient (Wildman–Crippen LogP) is 5.99. The van der Waals surface area contributed by atoms with Gasteiger partial charge in [-0.05, 0) is 48.4 Å². The van der Waals surface area contributed by atoms with Crippen LogP contribution in [0.4, 0.5) is 0 Å². The van der Waals surface area contributed by atoms with Crippen LogP contribution in [0.25, 0.3) is 33.5 Å². The number of methoxy groups -OCH3 is 1. The number of benzene rings is 3. The standard InChI is InChI=1S/C30H25N3O4/c1-4-10-22-16-20(17-26(35-3)28(22)36-15-5-2)19-31-33-29(27-18-21-11-6-9-14-25(21)37-27)32-24-13-8-7-12-23(24)30(33)34/h4-9,11-14,16-19H,1-2,10,15H2,3H3. The Balaban J connectivity index is 1.66. The van der Waals surface area contributed by atoms with Crippen molar-refractivity contribution in [3.63, 3.8) is 0 Å². The van der Waals surface area contributed by atoms with E-state index in [0.29, 0.717) is 52.6 Å². The van der Waals surface area contributed by atoms with Gasteiger partial charge in [0.2, 0.25) is 5.82 Å². The third kappa shape index (κ3) is 4.67. The summed E-state index contributed by atoms with van der Waals surface area (Å²) in [5.41, 5.74) is 2.55. The fraction of sp³-hybridized carbons (Fsp3) is 0.100. The first-order valence-corrected chi connectivity index (χ1v) is 11.7. The van der Waals surface area contributed by atoms with E-state index in [1.54, 1.807) is 49.7 Å². The van der Waals surface area contributed by atoms with Crippen LogP contribution >= 0.6 is 0 Å². The maximum absolute atomic E-state index is 13.5. The minimum absolute atomic E-state index is 0.304. The second kappa shape index (κ2) is 10.4. The molecule has 7 heteroatoms. The van der Waals surface area contributed by atoms with Crippen molar-refractivity contribution < 1.29 is 13.9 Å². The Morgan fingerprint density at radius 3 is 2.65 bits per heavy atom. The van der Waals surface area contributed by atoms with Gasteiger partial charge in [0.25, 0.3) is 5.56 Å². The third-order valence-electron chi connectivity index (χ3n) is 5.81. The Labute approximate surface area is 213 Å². The zero-order chi connectivity index (χ0) is 25.8. The summed E-state index contributed by atoms with van der Waals surface area (Å²) in [7, 11) is 1.58. The van der Waals surface area contributed by atoms with Gasteiger partial charge in [-0.2, -0.15) is 9.78 Å². The number of fused-ring (bicyclic) bond motifs is 2. The molecule has 0 aliphatic heterocycles. The maximum Gasteiger partial charge on any atom is 0.282 e. The summed E-state index contributed by atoms with van der Waals surface area (Å²) >= 11 is 0. The van der Waals surface area contributed by atoms with E-state index in [9.17, 15) is 4.79 Å². The number of allylic oxidation sites excluding steroid dienone is 1. The Morgan fingerprint density at radius 1 is 1.05 bits per heavy atom. The molecular formula is C30H25N3O4. The summed E-state index contributed by atoms with van der Waals surface area (Å²) in [5, 5.41) is 5.92. The van der Waals surface area contributed by atoms with Crippen molar-refractivity contribution in [2.24, 2.45) is 5.10 Å². The number of rotatable bonds is 9. The lowest BCUT2D eigenvalue weighted by atomic mass is 10.1. The molecule has 5 rings (SSSR count). The van der Waals surface area contributed by atoms with Gasteiger partial charge in [0, 0.05) is 10.9 Å². The third-order valence-corrected chi connectivity index (χ3v) is 5.81. The van der Waals surface area contributed by atoms with Gasteiger partial charge in [0.05, 0.1) is 24.2 Å².